The predicted molar refractivity (Wildman–Crippen MR) is 112 cm³/mol. The number of fused-ring (bicyclic) bond motifs is 3. The second-order valence-corrected chi connectivity index (χ2v) is 7.14. The first-order chi connectivity index (χ1) is 14.2. The number of aromatic nitrogens is 3. The average Bonchev–Trinajstić information content (AvgIpc) is 3.46. The molecule has 0 bridgehead atoms. The van der Waals surface area contributed by atoms with Gasteiger partial charge in [0, 0.05) is 29.1 Å². The summed E-state index contributed by atoms with van der Waals surface area (Å²) in [5, 5.41) is 18.9. The van der Waals surface area contributed by atoms with Crippen molar-refractivity contribution in [3.63, 3.8) is 0 Å². The Hall–Kier alpha value is -3.71. The fourth-order valence-electron chi connectivity index (χ4n) is 3.33. The zero-order valence-electron chi connectivity index (χ0n) is 15.5. The van der Waals surface area contributed by atoms with Crippen molar-refractivity contribution < 1.29 is 10.0 Å². The van der Waals surface area contributed by atoms with Crippen molar-refractivity contribution in [3.8, 4) is 5.69 Å². The molecule has 0 radical (unpaired) electrons. The molecule has 0 spiro atoms. The number of nitrogens with zero attached hydrogens (tertiary/aromatic N) is 3. The summed E-state index contributed by atoms with van der Waals surface area (Å²) in [6.45, 7) is 0. The van der Waals surface area contributed by atoms with Gasteiger partial charge in [0.05, 0.1) is 11.2 Å². The van der Waals surface area contributed by atoms with E-state index < -0.39 is 5.91 Å². The standard InChI is InChI=1S/C22H19N5O2/c28-20(26-29)11-7-14-6-10-19-17(12-14)18-13-27(16-4-2-1-3-5-16)25-21(18)22(24-19)23-15-8-9-15/h1-7,10-13,15,29H,8-9H2,(H,23,24)(H,26,28)/b11-7+. The minimum absolute atomic E-state index is 0.462. The molecule has 5 rings (SSSR count). The first kappa shape index (κ1) is 17.4. The number of nitrogens with one attached hydrogen (secondary N) is 2. The summed E-state index contributed by atoms with van der Waals surface area (Å²) in [6.07, 6.45) is 7.24. The van der Waals surface area contributed by atoms with Crippen LogP contribution in [-0.2, 0) is 4.79 Å². The smallest absolute Gasteiger partial charge is 0.267 e. The van der Waals surface area contributed by atoms with Crippen LogP contribution in [0.15, 0.2) is 60.8 Å². The molecule has 4 aromatic rings. The van der Waals surface area contributed by atoms with Crippen molar-refractivity contribution in [2.45, 2.75) is 18.9 Å². The Morgan fingerprint density at radius 2 is 1.97 bits per heavy atom. The number of carbonyl (C=O) groups is 1. The van der Waals surface area contributed by atoms with E-state index in [0.29, 0.717) is 6.04 Å². The molecule has 29 heavy (non-hydrogen) atoms. The fourth-order valence-corrected chi connectivity index (χ4v) is 3.33. The van der Waals surface area contributed by atoms with Gasteiger partial charge in [-0.25, -0.2) is 15.1 Å². The molecule has 7 heteroatoms. The van der Waals surface area contributed by atoms with Crippen molar-refractivity contribution >= 4 is 39.6 Å². The summed E-state index contributed by atoms with van der Waals surface area (Å²) in [5.74, 6) is 0.224. The summed E-state index contributed by atoms with van der Waals surface area (Å²) < 4.78 is 1.87. The lowest BCUT2D eigenvalue weighted by molar-refractivity contribution is -0.124. The molecule has 144 valence electrons. The molecule has 1 amide bonds. The number of hydrogen-bond donors (Lipinski definition) is 3. The van der Waals surface area contributed by atoms with Gasteiger partial charge in [-0.1, -0.05) is 24.3 Å². The number of pyridine rings is 1. The highest BCUT2D eigenvalue weighted by molar-refractivity contribution is 6.09. The minimum Gasteiger partial charge on any atom is -0.365 e. The lowest BCUT2D eigenvalue weighted by atomic mass is 10.1. The first-order valence-electron chi connectivity index (χ1n) is 9.48. The van der Waals surface area contributed by atoms with Crippen LogP contribution in [0, 0.1) is 0 Å². The second kappa shape index (κ2) is 7.03. The first-order valence-corrected chi connectivity index (χ1v) is 9.48. The lowest BCUT2D eigenvalue weighted by Gasteiger charge is -2.07. The molecular formula is C22H19N5O2. The van der Waals surface area contributed by atoms with Gasteiger partial charge in [-0.2, -0.15) is 5.10 Å². The topological polar surface area (TPSA) is 92.1 Å². The molecule has 0 aliphatic heterocycles. The van der Waals surface area contributed by atoms with E-state index in [1.807, 2.05) is 59.4 Å². The van der Waals surface area contributed by atoms with Crippen molar-refractivity contribution in [2.24, 2.45) is 0 Å². The van der Waals surface area contributed by atoms with Crippen LogP contribution in [0.5, 0.6) is 0 Å². The molecule has 0 saturated heterocycles. The average molecular weight is 385 g/mol. The van der Waals surface area contributed by atoms with E-state index in [1.54, 1.807) is 11.6 Å². The molecule has 0 unspecified atom stereocenters. The Morgan fingerprint density at radius 1 is 1.14 bits per heavy atom. The second-order valence-electron chi connectivity index (χ2n) is 7.14. The highest BCUT2D eigenvalue weighted by atomic mass is 16.5. The van der Waals surface area contributed by atoms with E-state index >= 15 is 0 Å². The van der Waals surface area contributed by atoms with Crippen LogP contribution in [0.2, 0.25) is 0 Å². The molecule has 1 aliphatic rings. The Labute approximate surface area is 166 Å². The largest absolute Gasteiger partial charge is 0.365 e. The predicted octanol–water partition coefficient (Wildman–Crippen LogP) is 3.67. The number of anilines is 1. The summed E-state index contributed by atoms with van der Waals surface area (Å²) >= 11 is 0. The number of carbonyl (C=O) groups excluding carboxylic acids is 1. The summed E-state index contributed by atoms with van der Waals surface area (Å²) in [7, 11) is 0. The van der Waals surface area contributed by atoms with Gasteiger partial charge in [-0.3, -0.25) is 10.0 Å². The third kappa shape index (κ3) is 3.43. The zero-order chi connectivity index (χ0) is 19.8. The van der Waals surface area contributed by atoms with Crippen LogP contribution >= 0.6 is 0 Å². The van der Waals surface area contributed by atoms with Crippen LogP contribution < -0.4 is 10.8 Å². The lowest BCUT2D eigenvalue weighted by Crippen LogP contribution is -2.14. The Kier molecular flexibility index (Phi) is 4.22. The normalized spacial score (nSPS) is 14.0. The van der Waals surface area contributed by atoms with Crippen molar-refractivity contribution in [1.29, 1.82) is 0 Å². The molecule has 2 aromatic heterocycles. The van der Waals surface area contributed by atoms with Crippen LogP contribution in [0.25, 0.3) is 33.6 Å². The van der Waals surface area contributed by atoms with Gasteiger partial charge >= 0.3 is 0 Å². The van der Waals surface area contributed by atoms with Gasteiger partial charge in [-0.05, 0) is 48.7 Å². The van der Waals surface area contributed by atoms with E-state index in [2.05, 4.69) is 5.32 Å². The Morgan fingerprint density at radius 3 is 2.72 bits per heavy atom. The summed E-state index contributed by atoms with van der Waals surface area (Å²) in [5.41, 5.74) is 5.09. The van der Waals surface area contributed by atoms with E-state index in [9.17, 15) is 4.79 Å². The van der Waals surface area contributed by atoms with Gasteiger partial charge in [0.15, 0.2) is 5.82 Å². The SMILES string of the molecule is O=C(/C=C/c1ccc2nc(NC3CC3)c3nn(-c4ccccc4)cc3c2c1)NO. The van der Waals surface area contributed by atoms with E-state index in [0.717, 1.165) is 51.7 Å². The highest BCUT2D eigenvalue weighted by Crippen LogP contribution is 2.33. The highest BCUT2D eigenvalue weighted by Gasteiger charge is 2.24. The molecule has 1 saturated carbocycles. The Balaban J connectivity index is 1.69. The van der Waals surface area contributed by atoms with Crippen LogP contribution in [-0.4, -0.2) is 31.9 Å². The molecule has 2 aromatic carbocycles. The molecule has 3 N–H and O–H groups in total. The molecule has 2 heterocycles. The van der Waals surface area contributed by atoms with Gasteiger partial charge in [0.2, 0.25) is 0 Å². The third-order valence-corrected chi connectivity index (χ3v) is 4.96. The third-order valence-electron chi connectivity index (χ3n) is 4.96. The van der Waals surface area contributed by atoms with E-state index in [4.69, 9.17) is 15.3 Å². The number of rotatable bonds is 5. The maximum Gasteiger partial charge on any atom is 0.267 e. The fraction of sp³-hybridized carbons (Fsp3) is 0.136. The number of hydrogen-bond acceptors (Lipinski definition) is 5. The van der Waals surface area contributed by atoms with Crippen molar-refractivity contribution in [3.05, 3.63) is 66.4 Å². The van der Waals surface area contributed by atoms with Gasteiger partial charge in [-0.15, -0.1) is 0 Å². The van der Waals surface area contributed by atoms with Crippen LogP contribution in [0.1, 0.15) is 18.4 Å². The minimum atomic E-state index is -0.575. The van der Waals surface area contributed by atoms with Crippen LogP contribution in [0.3, 0.4) is 0 Å². The van der Waals surface area contributed by atoms with E-state index in [1.165, 1.54) is 6.08 Å². The summed E-state index contributed by atoms with van der Waals surface area (Å²) in [4.78, 5) is 16.1. The van der Waals surface area contributed by atoms with Crippen molar-refractivity contribution in [2.75, 3.05) is 5.32 Å². The van der Waals surface area contributed by atoms with E-state index in [-0.39, 0.29) is 0 Å². The number of benzene rings is 2. The van der Waals surface area contributed by atoms with Gasteiger partial charge in [0.1, 0.15) is 5.52 Å². The number of para-hydroxylation sites is 1. The molecule has 0 atom stereocenters. The molecule has 7 nitrogen and oxygen atoms in total. The quantitative estimate of drug-likeness (QED) is 0.277. The number of amides is 1. The van der Waals surface area contributed by atoms with Gasteiger partial charge in [0.25, 0.3) is 5.91 Å². The summed E-state index contributed by atoms with van der Waals surface area (Å²) in [6, 6.07) is 16.2. The van der Waals surface area contributed by atoms with Gasteiger partial charge < -0.3 is 5.32 Å². The molecular weight excluding hydrogens is 366 g/mol. The zero-order valence-corrected chi connectivity index (χ0v) is 15.5. The maximum atomic E-state index is 11.3. The Bertz CT molecular complexity index is 1240. The maximum absolute atomic E-state index is 11.3. The number of hydroxylamine groups is 1. The monoisotopic (exact) mass is 385 g/mol. The van der Waals surface area contributed by atoms with Crippen LogP contribution in [0.4, 0.5) is 5.82 Å². The molecule has 1 fully saturated rings. The molecule has 1 aliphatic carbocycles. The van der Waals surface area contributed by atoms with Crippen molar-refractivity contribution in [1.82, 2.24) is 20.2 Å².